The zero-order valence-electron chi connectivity index (χ0n) is 10.2. The largest absolute Gasteiger partial charge is 0.316 e. The molecule has 0 aromatic carbocycles. The molecule has 1 aliphatic carbocycles. The Bertz CT molecular complexity index is 357. The Labute approximate surface area is 111 Å². The average Bonchev–Trinajstić information content (AvgIpc) is 2.66. The molecule has 1 heterocycles. The lowest BCUT2D eigenvalue weighted by molar-refractivity contribution is 0.0264. The zero-order chi connectivity index (χ0) is 11.8. The zero-order valence-corrected chi connectivity index (χ0v) is 12.6. The molecule has 0 bridgehead atoms. The molecule has 0 saturated heterocycles. The van der Waals surface area contributed by atoms with E-state index in [2.05, 4.69) is 53.6 Å². The molecule has 1 fully saturated rings. The molecule has 0 spiro atoms. The third-order valence-corrected chi connectivity index (χ3v) is 6.26. The van der Waals surface area contributed by atoms with Gasteiger partial charge in [0.2, 0.25) is 0 Å². The van der Waals surface area contributed by atoms with Crippen molar-refractivity contribution >= 4 is 27.3 Å². The van der Waals surface area contributed by atoms with Crippen molar-refractivity contribution in [3.8, 4) is 0 Å². The highest BCUT2D eigenvalue weighted by Gasteiger charge is 2.52. The first-order chi connectivity index (χ1) is 7.67. The quantitative estimate of drug-likeness (QED) is 0.869. The number of hydrogen-bond acceptors (Lipinski definition) is 2. The summed E-state index contributed by atoms with van der Waals surface area (Å²) in [7, 11) is 2.10. The molecule has 0 aliphatic heterocycles. The van der Waals surface area contributed by atoms with E-state index in [-0.39, 0.29) is 0 Å². The van der Waals surface area contributed by atoms with Crippen molar-refractivity contribution in [2.75, 3.05) is 7.05 Å². The summed E-state index contributed by atoms with van der Waals surface area (Å²) in [5.74, 6) is 0.760. The summed E-state index contributed by atoms with van der Waals surface area (Å²) >= 11 is 5.47. The van der Waals surface area contributed by atoms with Crippen molar-refractivity contribution in [1.82, 2.24) is 5.32 Å². The highest BCUT2D eigenvalue weighted by atomic mass is 79.9. The molecule has 2 atom stereocenters. The van der Waals surface area contributed by atoms with Crippen LogP contribution < -0.4 is 5.32 Å². The molecule has 1 aromatic rings. The second-order valence-corrected chi connectivity index (χ2v) is 6.60. The third-order valence-electron chi connectivity index (χ3n) is 4.46. The van der Waals surface area contributed by atoms with Gasteiger partial charge in [-0.25, -0.2) is 0 Å². The van der Waals surface area contributed by atoms with Gasteiger partial charge in [-0.2, -0.15) is 0 Å². The van der Waals surface area contributed by atoms with Gasteiger partial charge in [-0.05, 0) is 53.7 Å². The number of hydrogen-bond donors (Lipinski definition) is 1. The second kappa shape index (κ2) is 4.79. The van der Waals surface area contributed by atoms with Crippen molar-refractivity contribution in [1.29, 1.82) is 0 Å². The van der Waals surface area contributed by atoms with Crippen LogP contribution in [0.4, 0.5) is 0 Å². The van der Waals surface area contributed by atoms with Gasteiger partial charge in [0.1, 0.15) is 0 Å². The van der Waals surface area contributed by atoms with Crippen LogP contribution in [0.3, 0.4) is 0 Å². The molecule has 0 amide bonds. The minimum Gasteiger partial charge on any atom is -0.316 e. The fourth-order valence-electron chi connectivity index (χ4n) is 3.34. The number of thiophene rings is 1. The van der Waals surface area contributed by atoms with E-state index in [1.54, 1.807) is 4.88 Å². The molecule has 16 heavy (non-hydrogen) atoms. The topological polar surface area (TPSA) is 12.0 Å². The van der Waals surface area contributed by atoms with Gasteiger partial charge < -0.3 is 5.32 Å². The van der Waals surface area contributed by atoms with Gasteiger partial charge in [-0.1, -0.05) is 13.8 Å². The molecule has 1 N–H and O–H groups in total. The minimum absolute atomic E-state index is 0.485. The Kier molecular flexibility index (Phi) is 3.77. The smallest absolute Gasteiger partial charge is 0.0285 e. The normalized spacial score (nSPS) is 27.8. The Balaban J connectivity index is 2.24. The van der Waals surface area contributed by atoms with E-state index in [4.69, 9.17) is 0 Å². The van der Waals surface area contributed by atoms with Crippen LogP contribution in [0.5, 0.6) is 0 Å². The van der Waals surface area contributed by atoms with E-state index in [1.165, 1.54) is 23.7 Å². The monoisotopic (exact) mass is 301 g/mol. The average molecular weight is 302 g/mol. The van der Waals surface area contributed by atoms with Crippen LogP contribution in [-0.2, 0) is 0 Å². The van der Waals surface area contributed by atoms with Gasteiger partial charge >= 0.3 is 0 Å². The summed E-state index contributed by atoms with van der Waals surface area (Å²) in [6.07, 6.45) is 3.84. The molecule has 0 radical (unpaired) electrons. The number of halogens is 1. The maximum absolute atomic E-state index is 3.56. The van der Waals surface area contributed by atoms with Crippen LogP contribution in [0.25, 0.3) is 0 Å². The van der Waals surface area contributed by atoms with Crippen LogP contribution in [0.2, 0.25) is 0 Å². The van der Waals surface area contributed by atoms with Crippen LogP contribution in [0.1, 0.15) is 43.9 Å². The van der Waals surface area contributed by atoms with Crippen molar-refractivity contribution in [3.05, 3.63) is 20.8 Å². The SMILES string of the molecule is CCC1(CC)C(NC)CC1c1cc(Br)cs1. The van der Waals surface area contributed by atoms with Gasteiger partial charge in [0, 0.05) is 26.7 Å². The predicted octanol–water partition coefficient (Wildman–Crippen LogP) is 4.39. The van der Waals surface area contributed by atoms with Gasteiger partial charge in [0.25, 0.3) is 0 Å². The Morgan fingerprint density at radius 2 is 2.19 bits per heavy atom. The number of nitrogens with one attached hydrogen (secondary N) is 1. The maximum Gasteiger partial charge on any atom is 0.0285 e. The molecule has 1 saturated carbocycles. The predicted molar refractivity (Wildman–Crippen MR) is 75.2 cm³/mol. The molecule has 1 aromatic heterocycles. The highest BCUT2D eigenvalue weighted by Crippen LogP contribution is 2.58. The Morgan fingerprint density at radius 1 is 1.50 bits per heavy atom. The lowest BCUT2D eigenvalue weighted by Crippen LogP contribution is -2.56. The second-order valence-electron chi connectivity index (χ2n) is 4.74. The van der Waals surface area contributed by atoms with Crippen LogP contribution in [-0.4, -0.2) is 13.1 Å². The van der Waals surface area contributed by atoms with E-state index in [9.17, 15) is 0 Å². The van der Waals surface area contributed by atoms with E-state index in [1.807, 2.05) is 11.3 Å². The van der Waals surface area contributed by atoms with Gasteiger partial charge in [-0.3, -0.25) is 0 Å². The van der Waals surface area contributed by atoms with E-state index < -0.39 is 0 Å². The van der Waals surface area contributed by atoms with Gasteiger partial charge in [0.05, 0.1) is 0 Å². The summed E-state index contributed by atoms with van der Waals surface area (Å²) in [6.45, 7) is 4.67. The molecular weight excluding hydrogens is 282 g/mol. The number of rotatable bonds is 4. The summed E-state index contributed by atoms with van der Waals surface area (Å²) in [6, 6.07) is 3.01. The van der Waals surface area contributed by atoms with E-state index in [0.717, 1.165) is 5.92 Å². The first kappa shape index (κ1) is 12.6. The Hall–Kier alpha value is 0.140. The van der Waals surface area contributed by atoms with Crippen molar-refractivity contribution in [2.24, 2.45) is 5.41 Å². The molecule has 3 heteroatoms. The summed E-state index contributed by atoms with van der Waals surface area (Å²) < 4.78 is 1.24. The molecule has 2 unspecified atom stereocenters. The summed E-state index contributed by atoms with van der Waals surface area (Å²) in [4.78, 5) is 1.56. The first-order valence-electron chi connectivity index (χ1n) is 6.09. The maximum atomic E-state index is 3.56. The molecule has 90 valence electrons. The van der Waals surface area contributed by atoms with Crippen molar-refractivity contribution < 1.29 is 0 Å². The standard InChI is InChI=1S/C13H20BrNS/c1-4-13(5-2)10(7-12(13)15-3)11-6-9(14)8-16-11/h6,8,10,12,15H,4-5,7H2,1-3H3. The van der Waals surface area contributed by atoms with E-state index >= 15 is 0 Å². The highest BCUT2D eigenvalue weighted by molar-refractivity contribution is 9.10. The van der Waals surface area contributed by atoms with Crippen LogP contribution >= 0.6 is 27.3 Å². The lowest BCUT2D eigenvalue weighted by atomic mass is 9.53. The fraction of sp³-hybridized carbons (Fsp3) is 0.692. The third kappa shape index (κ3) is 1.77. The molecule has 2 rings (SSSR count). The Morgan fingerprint density at radius 3 is 2.62 bits per heavy atom. The van der Waals surface area contributed by atoms with E-state index in [0.29, 0.717) is 11.5 Å². The minimum atomic E-state index is 0.485. The molecule has 1 nitrogen and oxygen atoms in total. The molecular formula is C13H20BrNS. The van der Waals surface area contributed by atoms with Crippen LogP contribution in [0.15, 0.2) is 15.9 Å². The summed E-state index contributed by atoms with van der Waals surface area (Å²) in [5, 5.41) is 5.70. The van der Waals surface area contributed by atoms with Gasteiger partial charge in [-0.15, -0.1) is 11.3 Å². The lowest BCUT2D eigenvalue weighted by Gasteiger charge is -2.56. The van der Waals surface area contributed by atoms with Crippen LogP contribution in [0, 0.1) is 5.41 Å². The summed E-state index contributed by atoms with van der Waals surface area (Å²) in [5.41, 5.74) is 0.485. The fourth-order valence-corrected chi connectivity index (χ4v) is 5.02. The van der Waals surface area contributed by atoms with Crippen molar-refractivity contribution in [3.63, 3.8) is 0 Å². The van der Waals surface area contributed by atoms with Gasteiger partial charge in [0.15, 0.2) is 0 Å². The molecule has 1 aliphatic rings. The van der Waals surface area contributed by atoms with Crippen molar-refractivity contribution in [2.45, 2.75) is 45.1 Å². The first-order valence-corrected chi connectivity index (χ1v) is 7.76.